The van der Waals surface area contributed by atoms with Gasteiger partial charge in [-0.3, -0.25) is 9.15 Å². The second-order valence-electron chi connectivity index (χ2n) is 5.32. The number of hydrogen-bond donors (Lipinski definition) is 0. The number of phosphoric acid groups is 1. The number of fused-ring (bicyclic) bond motifs is 1. The minimum atomic E-state index is -3.90. The maximum Gasteiger partial charge on any atom is 0.609 e. The molecule has 23 heavy (non-hydrogen) atoms. The van der Waals surface area contributed by atoms with Gasteiger partial charge in [0.25, 0.3) is 5.88 Å². The van der Waals surface area contributed by atoms with Gasteiger partial charge < -0.3 is 13.8 Å². The van der Waals surface area contributed by atoms with E-state index < -0.39 is 13.9 Å². The number of pyridine rings is 1. The molecule has 116 valence electrons. The highest BCUT2D eigenvalue weighted by Gasteiger charge is 2.48. The molecule has 3 aromatic heterocycles. The number of ether oxygens (including phenoxy) is 1. The maximum absolute atomic E-state index is 12.9. The molecule has 3 aromatic rings. The molecule has 0 amide bonds. The van der Waals surface area contributed by atoms with Gasteiger partial charge in [0.15, 0.2) is 17.0 Å². The molecule has 6 bridgehead atoms. The summed E-state index contributed by atoms with van der Waals surface area (Å²) in [5.74, 6) is 0.467. The molecule has 11 heteroatoms. The van der Waals surface area contributed by atoms with Crippen molar-refractivity contribution in [2.24, 2.45) is 0 Å². The van der Waals surface area contributed by atoms with Gasteiger partial charge in [0, 0.05) is 11.6 Å². The predicted octanol–water partition coefficient (Wildman–Crippen LogP) is 1.62. The fourth-order valence-electron chi connectivity index (χ4n) is 3.06. The highest BCUT2D eigenvalue weighted by Crippen LogP contribution is 2.58. The van der Waals surface area contributed by atoms with Gasteiger partial charge in [-0.05, 0) is 0 Å². The van der Waals surface area contributed by atoms with Crippen molar-refractivity contribution in [3.63, 3.8) is 0 Å². The Labute approximate surface area is 127 Å². The highest BCUT2D eigenvalue weighted by atomic mass is 31.2. The molecule has 2 unspecified atom stereocenters. The summed E-state index contributed by atoms with van der Waals surface area (Å²) in [5.41, 5.74) is 2.89. The maximum atomic E-state index is 12.9. The number of nitrogens with zero attached hydrogens (tertiary/aromatic N) is 4. The average molecular weight is 334 g/mol. The topological polar surface area (TPSA) is 111 Å². The minimum Gasteiger partial charge on any atom is -0.373 e. The highest BCUT2D eigenvalue weighted by molar-refractivity contribution is 7.49. The van der Waals surface area contributed by atoms with Gasteiger partial charge >= 0.3 is 7.82 Å². The van der Waals surface area contributed by atoms with Gasteiger partial charge in [0.1, 0.15) is 17.9 Å². The van der Waals surface area contributed by atoms with Crippen LogP contribution in [0.1, 0.15) is 17.4 Å². The lowest BCUT2D eigenvalue weighted by atomic mass is 10.1. The molecule has 3 aliphatic rings. The monoisotopic (exact) mass is 334 g/mol. The molecule has 6 heterocycles. The van der Waals surface area contributed by atoms with Gasteiger partial charge in [-0.25, -0.2) is 14.5 Å². The molecule has 10 nitrogen and oxygen atoms in total. The first-order valence-electron chi connectivity index (χ1n) is 6.84. The summed E-state index contributed by atoms with van der Waals surface area (Å²) in [6.45, 7) is 0.572. The third-order valence-corrected chi connectivity index (χ3v) is 5.25. The van der Waals surface area contributed by atoms with Crippen LogP contribution >= 0.6 is 7.82 Å². The molecule has 0 spiro atoms. The Kier molecular flexibility index (Phi) is 1.95. The molecule has 0 aliphatic carbocycles. The lowest BCUT2D eigenvalue weighted by molar-refractivity contribution is 0.00202. The van der Waals surface area contributed by atoms with E-state index in [0.29, 0.717) is 34.9 Å². The Balaban J connectivity index is 1.81. The van der Waals surface area contributed by atoms with E-state index in [4.69, 9.17) is 22.9 Å². The van der Waals surface area contributed by atoms with Crippen molar-refractivity contribution in [2.75, 3.05) is 6.61 Å². The van der Waals surface area contributed by atoms with Crippen LogP contribution in [0, 0.1) is 0 Å². The minimum absolute atomic E-state index is 0.132. The molecule has 0 saturated heterocycles. The van der Waals surface area contributed by atoms with Crippen LogP contribution in [-0.2, 0) is 20.4 Å². The van der Waals surface area contributed by atoms with Crippen molar-refractivity contribution in [3.8, 4) is 17.4 Å². The lowest BCUT2D eigenvalue weighted by Gasteiger charge is -2.27. The summed E-state index contributed by atoms with van der Waals surface area (Å²) in [6.07, 6.45) is 0.825. The van der Waals surface area contributed by atoms with Gasteiger partial charge in [0.05, 0.1) is 18.9 Å². The van der Waals surface area contributed by atoms with Crippen LogP contribution in [0.5, 0.6) is 5.88 Å². The zero-order valence-corrected chi connectivity index (χ0v) is 12.2. The summed E-state index contributed by atoms with van der Waals surface area (Å²) < 4.78 is 41.1. The van der Waals surface area contributed by atoms with Crippen molar-refractivity contribution < 1.29 is 27.5 Å². The summed E-state index contributed by atoms with van der Waals surface area (Å²) in [5, 5.41) is 3.86. The summed E-state index contributed by atoms with van der Waals surface area (Å²) in [4.78, 5) is 8.89. The van der Waals surface area contributed by atoms with E-state index >= 15 is 0 Å². The van der Waals surface area contributed by atoms with Gasteiger partial charge in [0.2, 0.25) is 0 Å². The Bertz CT molecular complexity index is 1030. The number of hydrogen-bond acceptors (Lipinski definition) is 9. The smallest absolute Gasteiger partial charge is 0.373 e. The first-order valence-corrected chi connectivity index (χ1v) is 8.30. The molecule has 0 N–H and O–H groups in total. The molecule has 6 rings (SSSR count). The molecule has 0 saturated carbocycles. The third-order valence-electron chi connectivity index (χ3n) is 3.98. The Hall–Kier alpha value is -2.42. The third kappa shape index (κ3) is 1.41. The van der Waals surface area contributed by atoms with E-state index in [1.54, 1.807) is 6.07 Å². The first-order chi connectivity index (χ1) is 11.2. The first kappa shape index (κ1) is 12.1. The Morgan fingerprint density at radius 1 is 1.35 bits per heavy atom. The summed E-state index contributed by atoms with van der Waals surface area (Å²) in [7, 11) is -3.90. The molecule has 3 aliphatic heterocycles. The number of phosphoric ester groups is 1. The van der Waals surface area contributed by atoms with Crippen molar-refractivity contribution in [2.45, 2.75) is 12.7 Å². The lowest BCUT2D eigenvalue weighted by Crippen LogP contribution is -2.24. The number of aromatic nitrogens is 4. The van der Waals surface area contributed by atoms with Crippen LogP contribution in [0.2, 0.25) is 0 Å². The largest absolute Gasteiger partial charge is 0.609 e. The standard InChI is InChI=1S/C12H7N4O6P/c17-23-20-7-4-18-3-5-8(7)14-12(21-23)9-10(5)16(22-23)11(13-9)6-1-2-19-15-6/h1-2,7H,3-4H2. The molecule has 0 fully saturated rings. The quantitative estimate of drug-likeness (QED) is 0.613. The zero-order valence-electron chi connectivity index (χ0n) is 11.3. The zero-order chi connectivity index (χ0) is 15.2. The summed E-state index contributed by atoms with van der Waals surface area (Å²) >= 11 is 0. The normalized spacial score (nSPS) is 27.0. The molecular weight excluding hydrogens is 327 g/mol. The molecule has 0 radical (unpaired) electrons. The van der Waals surface area contributed by atoms with Crippen LogP contribution in [0.25, 0.3) is 22.6 Å². The van der Waals surface area contributed by atoms with Crippen LogP contribution in [-0.4, -0.2) is 26.5 Å². The number of rotatable bonds is 1. The fourth-order valence-corrected chi connectivity index (χ4v) is 4.34. The molecule has 2 atom stereocenters. The number of imidazole rings is 1. The van der Waals surface area contributed by atoms with Crippen molar-refractivity contribution >= 4 is 18.9 Å². The SMILES string of the molecule is O=P12Oc3nc4c(c5c3nc(-c3ccon3)n5O1)COCC4O2. The summed E-state index contributed by atoms with van der Waals surface area (Å²) in [6, 6.07) is 1.62. The van der Waals surface area contributed by atoms with Crippen molar-refractivity contribution in [1.82, 2.24) is 19.9 Å². The van der Waals surface area contributed by atoms with E-state index in [0.717, 1.165) is 5.56 Å². The van der Waals surface area contributed by atoms with E-state index in [2.05, 4.69) is 15.1 Å². The van der Waals surface area contributed by atoms with Crippen LogP contribution < -0.4 is 9.15 Å². The van der Waals surface area contributed by atoms with Crippen molar-refractivity contribution in [1.29, 1.82) is 0 Å². The molecule has 0 aromatic carbocycles. The van der Waals surface area contributed by atoms with E-state index in [1.165, 1.54) is 11.0 Å². The van der Waals surface area contributed by atoms with Crippen LogP contribution in [0.4, 0.5) is 0 Å². The van der Waals surface area contributed by atoms with Crippen LogP contribution in [0.15, 0.2) is 16.9 Å². The Morgan fingerprint density at radius 2 is 2.30 bits per heavy atom. The van der Waals surface area contributed by atoms with Gasteiger partial charge in [-0.1, -0.05) is 5.16 Å². The van der Waals surface area contributed by atoms with E-state index in [-0.39, 0.29) is 12.5 Å². The van der Waals surface area contributed by atoms with Crippen LogP contribution in [0.3, 0.4) is 0 Å². The average Bonchev–Trinajstić information content (AvgIpc) is 3.11. The van der Waals surface area contributed by atoms with Crippen molar-refractivity contribution in [3.05, 3.63) is 23.6 Å². The van der Waals surface area contributed by atoms with Gasteiger partial charge in [-0.15, -0.1) is 4.73 Å². The fraction of sp³-hybridized carbons (Fsp3) is 0.250. The predicted molar refractivity (Wildman–Crippen MR) is 71.3 cm³/mol. The van der Waals surface area contributed by atoms with E-state index in [1.807, 2.05) is 0 Å². The Morgan fingerprint density at radius 3 is 3.17 bits per heavy atom. The van der Waals surface area contributed by atoms with E-state index in [9.17, 15) is 4.57 Å². The second kappa shape index (κ2) is 3.73. The second-order valence-corrected chi connectivity index (χ2v) is 6.77. The molecular formula is C12H7N4O6P. The van der Waals surface area contributed by atoms with Gasteiger partial charge in [-0.2, -0.15) is 0 Å².